The molecule has 0 unspecified atom stereocenters. The summed E-state index contributed by atoms with van der Waals surface area (Å²) in [5, 5.41) is 0. The second kappa shape index (κ2) is 10.3. The van der Waals surface area contributed by atoms with E-state index in [0.29, 0.717) is 6.42 Å². The molecule has 0 heterocycles. The summed E-state index contributed by atoms with van der Waals surface area (Å²) in [4.78, 5) is 3.83. The smallest absolute Gasteiger partial charge is 0.112 e. The molecule has 0 amide bonds. The lowest BCUT2D eigenvalue weighted by Crippen LogP contribution is -1.77. The first-order valence-electron chi connectivity index (χ1n) is 4.71. The van der Waals surface area contributed by atoms with Gasteiger partial charge in [-0.15, -0.1) is 0 Å². The Morgan fingerprint density at radius 1 is 1.33 bits per heavy atom. The Balaban J connectivity index is 4.05. The first kappa shape index (κ1) is 13.2. The van der Waals surface area contributed by atoms with Crippen LogP contribution in [-0.4, -0.2) is 6.72 Å². The van der Waals surface area contributed by atoms with Crippen molar-refractivity contribution < 1.29 is 4.74 Å². The molecule has 80 valence electrons. The molecular formula is C13H17NO. The van der Waals surface area contributed by atoms with Gasteiger partial charge in [-0.3, -0.25) is 4.99 Å². The van der Waals surface area contributed by atoms with Gasteiger partial charge in [0.1, 0.15) is 6.26 Å². The van der Waals surface area contributed by atoms with Gasteiger partial charge < -0.3 is 4.74 Å². The molecule has 0 saturated carbocycles. The van der Waals surface area contributed by atoms with Crippen LogP contribution in [-0.2, 0) is 4.74 Å². The Morgan fingerprint density at radius 3 is 2.73 bits per heavy atom. The highest BCUT2D eigenvalue weighted by Crippen LogP contribution is 2.04. The van der Waals surface area contributed by atoms with Crippen LogP contribution >= 0.6 is 0 Å². The van der Waals surface area contributed by atoms with Crippen molar-refractivity contribution in [2.75, 3.05) is 0 Å². The summed E-state index contributed by atoms with van der Waals surface area (Å²) in [6.07, 6.45) is 15.0. The van der Waals surface area contributed by atoms with Crippen LogP contribution < -0.4 is 0 Å². The molecule has 0 radical (unpaired) electrons. The van der Waals surface area contributed by atoms with E-state index in [1.54, 1.807) is 18.4 Å². The van der Waals surface area contributed by atoms with E-state index in [1.165, 1.54) is 6.26 Å². The Kier molecular flexibility index (Phi) is 9.00. The number of allylic oxidation sites excluding steroid dienone is 6. The lowest BCUT2D eigenvalue weighted by molar-refractivity contribution is 0.397. The lowest BCUT2D eigenvalue weighted by Gasteiger charge is -1.95. The van der Waals surface area contributed by atoms with Gasteiger partial charge in [-0.1, -0.05) is 37.0 Å². The van der Waals surface area contributed by atoms with E-state index in [-0.39, 0.29) is 0 Å². The summed E-state index contributed by atoms with van der Waals surface area (Å²) in [6.45, 7) is 8.96. The highest BCUT2D eigenvalue weighted by atomic mass is 16.5. The number of hydrogen-bond donors (Lipinski definition) is 0. The fraction of sp³-hybridized carbons (Fsp3) is 0.154. The van der Waals surface area contributed by atoms with Crippen molar-refractivity contribution in [3.8, 4) is 0 Å². The molecule has 0 atom stereocenters. The van der Waals surface area contributed by atoms with Crippen molar-refractivity contribution in [3.05, 3.63) is 61.3 Å². The molecule has 0 spiro atoms. The summed E-state index contributed by atoms with van der Waals surface area (Å²) < 4.78 is 5.08. The van der Waals surface area contributed by atoms with Crippen LogP contribution in [0.2, 0.25) is 0 Å². The molecule has 0 aliphatic rings. The lowest BCUT2D eigenvalue weighted by atomic mass is 10.3. The summed E-state index contributed by atoms with van der Waals surface area (Å²) in [5.41, 5.74) is 0.782. The molecule has 0 fully saturated rings. The van der Waals surface area contributed by atoms with Crippen molar-refractivity contribution in [2.45, 2.75) is 13.3 Å². The van der Waals surface area contributed by atoms with E-state index in [0.717, 1.165) is 5.70 Å². The molecule has 0 saturated heterocycles. The topological polar surface area (TPSA) is 21.6 Å². The zero-order valence-corrected chi connectivity index (χ0v) is 9.10. The predicted octanol–water partition coefficient (Wildman–Crippen LogP) is 3.77. The zero-order chi connectivity index (χ0) is 11.4. The predicted molar refractivity (Wildman–Crippen MR) is 66.6 cm³/mol. The standard InChI is InChI=1S/C13H17NO/c1-4-6-8-9-10-13(14-3)12-15-11-7-5-2/h4-9,11-12H,2-3,10H2,1H3/b6-4-,9-8-,11-7+,13-12-. The van der Waals surface area contributed by atoms with Crippen LogP contribution in [0.15, 0.2) is 66.2 Å². The fourth-order valence-corrected chi connectivity index (χ4v) is 0.747. The highest BCUT2D eigenvalue weighted by molar-refractivity contribution is 5.29. The third-order valence-corrected chi connectivity index (χ3v) is 1.47. The minimum absolute atomic E-state index is 0.704. The molecular weight excluding hydrogens is 186 g/mol. The highest BCUT2D eigenvalue weighted by Gasteiger charge is 1.88. The third-order valence-electron chi connectivity index (χ3n) is 1.47. The molecule has 0 aliphatic carbocycles. The molecule has 0 aromatic carbocycles. The van der Waals surface area contributed by atoms with Gasteiger partial charge >= 0.3 is 0 Å². The van der Waals surface area contributed by atoms with Crippen LogP contribution in [0, 0.1) is 0 Å². The van der Waals surface area contributed by atoms with E-state index >= 15 is 0 Å². The van der Waals surface area contributed by atoms with E-state index < -0.39 is 0 Å². The third kappa shape index (κ3) is 8.50. The van der Waals surface area contributed by atoms with E-state index in [9.17, 15) is 0 Å². The molecule has 2 nitrogen and oxygen atoms in total. The van der Waals surface area contributed by atoms with Crippen molar-refractivity contribution in [2.24, 2.45) is 4.99 Å². The molecule has 0 N–H and O–H groups in total. The van der Waals surface area contributed by atoms with Gasteiger partial charge in [0.05, 0.1) is 12.0 Å². The summed E-state index contributed by atoms with van der Waals surface area (Å²) in [6, 6.07) is 0. The Bertz CT molecular complexity index is 296. The number of aliphatic imine (C=N–C) groups is 1. The van der Waals surface area contributed by atoms with E-state index in [4.69, 9.17) is 4.74 Å². The molecule has 0 rings (SSSR count). The molecule has 15 heavy (non-hydrogen) atoms. The van der Waals surface area contributed by atoms with Gasteiger partial charge in [-0.25, -0.2) is 0 Å². The van der Waals surface area contributed by atoms with Gasteiger partial charge in [0.25, 0.3) is 0 Å². The number of hydrogen-bond acceptors (Lipinski definition) is 2. The van der Waals surface area contributed by atoms with Gasteiger partial charge in [0, 0.05) is 6.42 Å². The van der Waals surface area contributed by atoms with Crippen LogP contribution in [0.3, 0.4) is 0 Å². The zero-order valence-electron chi connectivity index (χ0n) is 9.10. The quantitative estimate of drug-likeness (QED) is 0.350. The first-order chi connectivity index (χ1) is 7.35. The minimum Gasteiger partial charge on any atom is -0.471 e. The number of rotatable bonds is 7. The minimum atomic E-state index is 0.704. The van der Waals surface area contributed by atoms with Gasteiger partial charge in [-0.05, 0) is 19.7 Å². The van der Waals surface area contributed by atoms with Crippen LogP contribution in [0.25, 0.3) is 0 Å². The fourth-order valence-electron chi connectivity index (χ4n) is 0.747. The summed E-state index contributed by atoms with van der Waals surface area (Å²) in [7, 11) is 0. The number of ether oxygens (including phenoxy) is 1. The maximum absolute atomic E-state index is 5.08. The normalized spacial score (nSPS) is 12.7. The summed E-state index contributed by atoms with van der Waals surface area (Å²) in [5.74, 6) is 0. The number of nitrogens with zero attached hydrogens (tertiary/aromatic N) is 1. The Labute approximate surface area is 91.7 Å². The second-order valence-electron chi connectivity index (χ2n) is 2.63. The average Bonchev–Trinajstić information content (AvgIpc) is 2.27. The van der Waals surface area contributed by atoms with Crippen LogP contribution in [0.4, 0.5) is 0 Å². The SMILES string of the molecule is C=C/C=C/O/C=C(/C/C=C\C=C/C)N=C. The van der Waals surface area contributed by atoms with Gasteiger partial charge in [0.2, 0.25) is 0 Å². The molecule has 0 aromatic rings. The molecule has 0 bridgehead atoms. The van der Waals surface area contributed by atoms with Crippen molar-refractivity contribution >= 4 is 6.72 Å². The average molecular weight is 203 g/mol. The van der Waals surface area contributed by atoms with Crippen molar-refractivity contribution in [1.82, 2.24) is 0 Å². The monoisotopic (exact) mass is 203 g/mol. The maximum Gasteiger partial charge on any atom is 0.112 e. The van der Waals surface area contributed by atoms with Crippen LogP contribution in [0.1, 0.15) is 13.3 Å². The molecule has 2 heteroatoms. The van der Waals surface area contributed by atoms with E-state index in [2.05, 4.69) is 18.3 Å². The largest absolute Gasteiger partial charge is 0.471 e. The van der Waals surface area contributed by atoms with E-state index in [1.807, 2.05) is 31.2 Å². The van der Waals surface area contributed by atoms with Crippen LogP contribution in [0.5, 0.6) is 0 Å². The molecule has 0 aliphatic heterocycles. The molecule has 0 aromatic heterocycles. The first-order valence-corrected chi connectivity index (χ1v) is 4.71. The van der Waals surface area contributed by atoms with Crippen molar-refractivity contribution in [1.29, 1.82) is 0 Å². The Hall–Kier alpha value is -1.83. The maximum atomic E-state index is 5.08. The Morgan fingerprint density at radius 2 is 2.13 bits per heavy atom. The second-order valence-corrected chi connectivity index (χ2v) is 2.63. The van der Waals surface area contributed by atoms with Crippen molar-refractivity contribution in [3.63, 3.8) is 0 Å². The van der Waals surface area contributed by atoms with Gasteiger partial charge in [0.15, 0.2) is 0 Å². The summed E-state index contributed by atoms with van der Waals surface area (Å²) >= 11 is 0. The van der Waals surface area contributed by atoms with Gasteiger partial charge in [-0.2, -0.15) is 0 Å².